The maximum atomic E-state index is 14.0. The second-order valence-corrected chi connectivity index (χ2v) is 11.2. The summed E-state index contributed by atoms with van der Waals surface area (Å²) in [6, 6.07) is 23.0. The second kappa shape index (κ2) is 14.8. The number of unbranched alkanes of at least 4 members (excludes halogenated alkanes) is 1. The SMILES string of the molecule is CCCCc1nc(C)n(-c2ccc(OC(C)(C)CO)cc2)c(=O)c1Cc1ccc(-c2ccccc2-c2noc(=O)[nH]2)cc1.[H-].[K+]. The van der Waals surface area contributed by atoms with Gasteiger partial charge in [-0.15, -0.1) is 0 Å². The Hall–Kier alpha value is -3.12. The number of aromatic nitrogens is 4. The molecule has 44 heavy (non-hydrogen) atoms. The van der Waals surface area contributed by atoms with Gasteiger partial charge < -0.3 is 11.3 Å². The minimum absolute atomic E-state index is 0. The number of hydrogen-bond donors (Lipinski definition) is 2. The Morgan fingerprint density at radius 2 is 1.68 bits per heavy atom. The predicted molar refractivity (Wildman–Crippen MR) is 167 cm³/mol. The third-order valence-electron chi connectivity index (χ3n) is 7.34. The number of H-pyrrole nitrogens is 1. The van der Waals surface area contributed by atoms with Gasteiger partial charge in [-0.05, 0) is 74.6 Å². The van der Waals surface area contributed by atoms with Gasteiger partial charge in [-0.3, -0.25) is 18.9 Å². The van der Waals surface area contributed by atoms with E-state index in [2.05, 4.69) is 17.1 Å². The Balaban J connectivity index is 0.00000276. The molecule has 0 fully saturated rings. The molecule has 5 aromatic rings. The topological polar surface area (TPSA) is 123 Å². The maximum Gasteiger partial charge on any atom is 1.00 e. The molecule has 2 aromatic heterocycles. The van der Waals surface area contributed by atoms with E-state index in [0.29, 0.717) is 35.1 Å². The summed E-state index contributed by atoms with van der Waals surface area (Å²) in [6.07, 6.45) is 3.11. The number of aliphatic hydroxyl groups excluding tert-OH is 1. The molecule has 224 valence electrons. The molecule has 0 saturated heterocycles. The Kier molecular flexibility index (Phi) is 11.3. The molecule has 0 aliphatic heterocycles. The van der Waals surface area contributed by atoms with E-state index in [0.717, 1.165) is 47.2 Å². The van der Waals surface area contributed by atoms with Gasteiger partial charge in [0.05, 0.1) is 18.0 Å². The van der Waals surface area contributed by atoms with E-state index < -0.39 is 11.4 Å². The molecule has 9 nitrogen and oxygen atoms in total. The third kappa shape index (κ3) is 7.74. The molecule has 0 radical (unpaired) electrons. The molecular weight excluding hydrogens is 583 g/mol. The van der Waals surface area contributed by atoms with Crippen LogP contribution in [0.1, 0.15) is 57.7 Å². The fraction of sp³-hybridized carbons (Fsp3) is 0.294. The minimum atomic E-state index is -0.712. The molecule has 0 aliphatic rings. The van der Waals surface area contributed by atoms with Crippen molar-refractivity contribution >= 4 is 0 Å². The van der Waals surface area contributed by atoms with Gasteiger partial charge in [-0.25, -0.2) is 9.78 Å². The molecule has 5 rings (SSSR count). The average Bonchev–Trinajstić information content (AvgIpc) is 3.44. The van der Waals surface area contributed by atoms with Crippen molar-refractivity contribution < 1.29 is 67.2 Å². The van der Waals surface area contributed by atoms with Crippen LogP contribution in [-0.2, 0) is 12.8 Å². The number of aliphatic hydroxyl groups is 1. The Morgan fingerprint density at radius 3 is 2.30 bits per heavy atom. The van der Waals surface area contributed by atoms with Crippen LogP contribution in [0, 0.1) is 6.92 Å². The smallest absolute Gasteiger partial charge is 1.00 e. The van der Waals surface area contributed by atoms with E-state index >= 15 is 0 Å². The first kappa shape index (κ1) is 33.8. The summed E-state index contributed by atoms with van der Waals surface area (Å²) in [7, 11) is 0. The zero-order chi connectivity index (χ0) is 30.6. The van der Waals surface area contributed by atoms with Crippen LogP contribution in [0.5, 0.6) is 5.75 Å². The van der Waals surface area contributed by atoms with Gasteiger partial charge in [0.2, 0.25) is 0 Å². The molecule has 0 bridgehead atoms. The fourth-order valence-electron chi connectivity index (χ4n) is 5.06. The first-order chi connectivity index (χ1) is 20.7. The van der Waals surface area contributed by atoms with Crippen molar-refractivity contribution in [2.24, 2.45) is 0 Å². The molecule has 0 saturated carbocycles. The molecule has 0 amide bonds. The monoisotopic (exact) mass is 620 g/mol. The van der Waals surface area contributed by atoms with Crippen molar-refractivity contribution in [3.63, 3.8) is 0 Å². The number of aryl methyl sites for hydroxylation is 2. The molecule has 0 aliphatic carbocycles. The Morgan fingerprint density at radius 1 is 1.00 bits per heavy atom. The number of benzene rings is 3. The summed E-state index contributed by atoms with van der Waals surface area (Å²) < 4.78 is 12.2. The Labute approximate surface area is 300 Å². The summed E-state index contributed by atoms with van der Waals surface area (Å²) in [5, 5.41) is 13.4. The van der Waals surface area contributed by atoms with Crippen LogP contribution in [0.4, 0.5) is 0 Å². The quantitative estimate of drug-likeness (QED) is 0.218. The largest absolute Gasteiger partial charge is 1.00 e. The number of ether oxygens (including phenoxy) is 1. The number of nitrogens with one attached hydrogen (secondary N) is 1. The first-order valence-corrected chi connectivity index (χ1v) is 14.5. The van der Waals surface area contributed by atoms with E-state index in [9.17, 15) is 14.7 Å². The van der Waals surface area contributed by atoms with Crippen LogP contribution in [0.3, 0.4) is 0 Å². The summed E-state index contributed by atoms with van der Waals surface area (Å²) in [5.74, 6) is 0.999. The van der Waals surface area contributed by atoms with Crippen molar-refractivity contribution in [2.45, 2.75) is 59.0 Å². The van der Waals surface area contributed by atoms with Gasteiger partial charge >= 0.3 is 57.1 Å². The van der Waals surface area contributed by atoms with Crippen LogP contribution >= 0.6 is 0 Å². The molecule has 0 spiro atoms. The van der Waals surface area contributed by atoms with Gasteiger partial charge in [-0.2, -0.15) is 0 Å². The minimum Gasteiger partial charge on any atom is -1.00 e. The predicted octanol–water partition coefficient (Wildman–Crippen LogP) is 2.75. The van der Waals surface area contributed by atoms with E-state index in [1.54, 1.807) is 16.7 Å². The van der Waals surface area contributed by atoms with E-state index in [1.165, 1.54) is 0 Å². The third-order valence-corrected chi connectivity index (χ3v) is 7.34. The summed E-state index contributed by atoms with van der Waals surface area (Å²) in [5.41, 5.74) is 4.98. The van der Waals surface area contributed by atoms with Crippen LogP contribution in [-0.4, -0.2) is 37.0 Å². The fourth-order valence-corrected chi connectivity index (χ4v) is 5.06. The molecule has 2 heterocycles. The van der Waals surface area contributed by atoms with E-state index in [4.69, 9.17) is 14.2 Å². The zero-order valence-corrected chi connectivity index (χ0v) is 29.0. The molecule has 10 heteroatoms. The van der Waals surface area contributed by atoms with Crippen molar-refractivity contribution in [1.29, 1.82) is 0 Å². The molecular formula is C34H37KN4O5. The van der Waals surface area contributed by atoms with Gasteiger partial charge in [0.15, 0.2) is 5.82 Å². The van der Waals surface area contributed by atoms with Crippen molar-refractivity contribution in [1.82, 2.24) is 19.7 Å². The van der Waals surface area contributed by atoms with Crippen molar-refractivity contribution in [3.05, 3.63) is 116 Å². The normalized spacial score (nSPS) is 11.3. The standard InChI is InChI=1S/C34H36N4O5.K.H/c1-5-6-11-30-29(32(40)38(22(2)35-30)25-16-18-26(19-17-25)42-34(3,4)21-39)20-23-12-14-24(15-13-23)27-9-7-8-10-28(27)31-36-33(41)43-37-31;;/h7-10,12-19,39H,5-6,11,20-21H2,1-4H3,(H,36,37,41);;/q;+1;-1. The van der Waals surface area contributed by atoms with Crippen LogP contribution < -0.4 is 67.4 Å². The molecule has 2 N–H and O–H groups in total. The number of hydrogen-bond acceptors (Lipinski definition) is 7. The molecule has 0 atom stereocenters. The van der Waals surface area contributed by atoms with Crippen LogP contribution in [0.25, 0.3) is 28.2 Å². The van der Waals surface area contributed by atoms with Crippen LogP contribution in [0.15, 0.2) is 86.9 Å². The van der Waals surface area contributed by atoms with E-state index in [-0.39, 0.29) is 65.0 Å². The van der Waals surface area contributed by atoms with Crippen LogP contribution in [0.2, 0.25) is 0 Å². The number of nitrogens with zero attached hydrogens (tertiary/aromatic N) is 3. The summed E-state index contributed by atoms with van der Waals surface area (Å²) in [4.78, 5) is 33.1. The Bertz CT molecular complexity index is 1830. The van der Waals surface area contributed by atoms with Crippen molar-refractivity contribution in [3.8, 4) is 34.0 Å². The molecule has 0 unspecified atom stereocenters. The van der Waals surface area contributed by atoms with Gasteiger partial charge in [0.1, 0.15) is 17.2 Å². The first-order valence-electron chi connectivity index (χ1n) is 14.5. The van der Waals surface area contributed by atoms with E-state index in [1.807, 2.05) is 81.4 Å². The zero-order valence-electron chi connectivity index (χ0n) is 26.9. The summed E-state index contributed by atoms with van der Waals surface area (Å²) in [6.45, 7) is 7.49. The van der Waals surface area contributed by atoms with Gasteiger partial charge in [0.25, 0.3) is 5.56 Å². The maximum absolute atomic E-state index is 14.0. The summed E-state index contributed by atoms with van der Waals surface area (Å²) >= 11 is 0. The molecule has 3 aromatic carbocycles. The average molecular weight is 621 g/mol. The number of aromatic amines is 1. The number of rotatable bonds is 11. The van der Waals surface area contributed by atoms with Crippen molar-refractivity contribution in [2.75, 3.05) is 6.61 Å². The second-order valence-electron chi connectivity index (χ2n) is 11.2. The van der Waals surface area contributed by atoms with Gasteiger partial charge in [0, 0.05) is 17.5 Å². The van der Waals surface area contributed by atoms with Gasteiger partial charge in [-0.1, -0.05) is 67.0 Å².